The molecule has 5 nitrogen and oxygen atoms in total. The van der Waals surface area contributed by atoms with E-state index >= 15 is 0 Å². The summed E-state index contributed by atoms with van der Waals surface area (Å²) in [6.07, 6.45) is 0.793. The van der Waals surface area contributed by atoms with Crippen molar-refractivity contribution in [3.63, 3.8) is 0 Å². The van der Waals surface area contributed by atoms with E-state index in [2.05, 4.69) is 43.6 Å². The van der Waals surface area contributed by atoms with E-state index in [1.807, 2.05) is 27.7 Å². The summed E-state index contributed by atoms with van der Waals surface area (Å²) in [7, 11) is 0. The van der Waals surface area contributed by atoms with E-state index in [4.69, 9.17) is 20.1 Å². The van der Waals surface area contributed by atoms with Gasteiger partial charge in [-0.25, -0.2) is 15.3 Å². The van der Waals surface area contributed by atoms with Crippen LogP contribution in [0.4, 0.5) is 0 Å². The smallest absolute Gasteiger partial charge is 0.0952 e. The van der Waals surface area contributed by atoms with E-state index in [-0.39, 0.29) is 18.5 Å². The molecule has 0 fully saturated rings. The number of nitrogens with one attached hydrogen (secondary N) is 1. The van der Waals surface area contributed by atoms with Crippen LogP contribution in [0.1, 0.15) is 74.9 Å². The van der Waals surface area contributed by atoms with Gasteiger partial charge in [0.05, 0.1) is 17.8 Å². The van der Waals surface area contributed by atoms with Crippen molar-refractivity contribution >= 4 is 0 Å². The summed E-state index contributed by atoms with van der Waals surface area (Å²) in [4.78, 5) is 10.7. The highest BCUT2D eigenvalue weighted by atomic mass is 17.2. The minimum atomic E-state index is -0.500. The second-order valence-corrected chi connectivity index (χ2v) is 9.44. The molecule has 154 valence electrons. The molecule has 0 heterocycles. The Labute approximate surface area is 161 Å². The Balaban J connectivity index is 0. The van der Waals surface area contributed by atoms with Gasteiger partial charge in [-0.1, -0.05) is 38.1 Å². The standard InChI is InChI=1S/C17H29NO3.C4H10O.H2/c1-13(18-19)11-14-7-9-15(10-8-14)17(5,6)12-20-21-16(2,3)4;1-4(2,3)5;/h7-10,13,18-19H,11-12H2,1-6H3;5H,1-3H3;1H/t13-;;/m1../s1. The van der Waals surface area contributed by atoms with Gasteiger partial charge in [0.25, 0.3) is 0 Å². The Bertz CT molecular complexity index is 498. The van der Waals surface area contributed by atoms with Crippen molar-refractivity contribution in [2.45, 2.75) is 91.4 Å². The van der Waals surface area contributed by atoms with Gasteiger partial charge in [0.15, 0.2) is 0 Å². The molecule has 1 rings (SSSR count). The number of hydroxylamine groups is 1. The first-order valence-corrected chi connectivity index (χ1v) is 9.16. The maximum Gasteiger partial charge on any atom is 0.0952 e. The molecule has 0 bridgehead atoms. The molecule has 1 aromatic rings. The minimum absolute atomic E-state index is 0. The van der Waals surface area contributed by atoms with E-state index in [9.17, 15) is 0 Å². The third-order valence-electron chi connectivity index (χ3n) is 3.23. The SMILES string of the molecule is CC(C)(C)O.C[C@H](Cc1ccc(C(C)(C)COOC(C)(C)C)cc1)NO.[HH]. The van der Waals surface area contributed by atoms with Gasteiger partial charge in [-0.15, -0.1) is 0 Å². The van der Waals surface area contributed by atoms with Crippen molar-refractivity contribution in [1.29, 1.82) is 0 Å². The summed E-state index contributed by atoms with van der Waals surface area (Å²) >= 11 is 0. The quantitative estimate of drug-likeness (QED) is 0.481. The number of benzene rings is 1. The summed E-state index contributed by atoms with van der Waals surface area (Å²) in [6, 6.07) is 8.46. The number of aliphatic hydroxyl groups is 1. The fourth-order valence-corrected chi connectivity index (χ4v) is 1.93. The first kappa shape index (κ1) is 25.0. The lowest BCUT2D eigenvalue weighted by molar-refractivity contribution is -0.354. The Kier molecular flexibility index (Phi) is 9.99. The largest absolute Gasteiger partial charge is 0.391 e. The van der Waals surface area contributed by atoms with Crippen LogP contribution in [0, 0.1) is 0 Å². The topological polar surface area (TPSA) is 71.0 Å². The number of hydrogen-bond acceptors (Lipinski definition) is 5. The average Bonchev–Trinajstić information content (AvgIpc) is 2.44. The van der Waals surface area contributed by atoms with Crippen LogP contribution < -0.4 is 5.48 Å². The van der Waals surface area contributed by atoms with Crippen LogP contribution in [0.15, 0.2) is 24.3 Å². The maximum atomic E-state index is 8.86. The fourth-order valence-electron chi connectivity index (χ4n) is 1.93. The normalized spacial score (nSPS) is 13.8. The second-order valence-electron chi connectivity index (χ2n) is 9.44. The highest BCUT2D eigenvalue weighted by Crippen LogP contribution is 2.25. The monoisotopic (exact) mass is 371 g/mol. The molecule has 5 heteroatoms. The first-order valence-electron chi connectivity index (χ1n) is 9.16. The van der Waals surface area contributed by atoms with Crippen LogP contribution in [-0.2, 0) is 21.6 Å². The summed E-state index contributed by atoms with van der Waals surface area (Å²) in [6.45, 7) is 17.8. The molecule has 0 aliphatic carbocycles. The molecule has 0 amide bonds. The van der Waals surface area contributed by atoms with Crippen molar-refractivity contribution in [3.8, 4) is 0 Å². The van der Waals surface area contributed by atoms with Gasteiger partial charge in [-0.05, 0) is 66.0 Å². The molecule has 0 aliphatic heterocycles. The highest BCUT2D eigenvalue weighted by Gasteiger charge is 2.23. The van der Waals surface area contributed by atoms with Crippen molar-refractivity contribution in [1.82, 2.24) is 5.48 Å². The van der Waals surface area contributed by atoms with Gasteiger partial charge in [0.2, 0.25) is 0 Å². The number of hydrogen-bond donors (Lipinski definition) is 3. The number of rotatable bonds is 7. The molecule has 0 radical (unpaired) electrons. The van der Waals surface area contributed by atoms with Crippen LogP contribution >= 0.6 is 0 Å². The summed E-state index contributed by atoms with van der Waals surface area (Å²) in [5.74, 6) is 0. The van der Waals surface area contributed by atoms with Crippen LogP contribution in [0.2, 0.25) is 0 Å². The third-order valence-corrected chi connectivity index (χ3v) is 3.23. The van der Waals surface area contributed by atoms with E-state index in [0.29, 0.717) is 6.61 Å². The van der Waals surface area contributed by atoms with Crippen LogP contribution in [0.3, 0.4) is 0 Å². The Morgan fingerprint density at radius 1 is 1.00 bits per heavy atom. The van der Waals surface area contributed by atoms with Gasteiger partial charge >= 0.3 is 0 Å². The van der Waals surface area contributed by atoms with Crippen molar-refractivity contribution < 1.29 is 21.5 Å². The van der Waals surface area contributed by atoms with E-state index in [1.165, 1.54) is 11.1 Å². The van der Waals surface area contributed by atoms with Gasteiger partial charge in [-0.2, -0.15) is 0 Å². The summed E-state index contributed by atoms with van der Waals surface area (Å²) in [5.41, 5.74) is 3.74. The average molecular weight is 372 g/mol. The van der Waals surface area contributed by atoms with Crippen molar-refractivity contribution in [2.24, 2.45) is 0 Å². The van der Waals surface area contributed by atoms with Crippen LogP contribution in [0.5, 0.6) is 0 Å². The van der Waals surface area contributed by atoms with E-state index in [1.54, 1.807) is 20.8 Å². The molecular formula is C21H41NO4. The van der Waals surface area contributed by atoms with Gasteiger partial charge in [0, 0.05) is 12.9 Å². The highest BCUT2D eigenvalue weighted by molar-refractivity contribution is 5.28. The summed E-state index contributed by atoms with van der Waals surface area (Å²) in [5, 5.41) is 17.4. The second kappa shape index (κ2) is 10.4. The molecule has 0 aromatic heterocycles. The van der Waals surface area contributed by atoms with E-state index in [0.717, 1.165) is 6.42 Å². The molecular weight excluding hydrogens is 330 g/mol. The molecule has 26 heavy (non-hydrogen) atoms. The molecule has 0 spiro atoms. The van der Waals surface area contributed by atoms with Gasteiger partial charge in [0.1, 0.15) is 0 Å². The molecule has 1 atom stereocenters. The zero-order valence-electron chi connectivity index (χ0n) is 18.0. The van der Waals surface area contributed by atoms with E-state index < -0.39 is 5.60 Å². The fraction of sp³-hybridized carbons (Fsp3) is 0.714. The van der Waals surface area contributed by atoms with Gasteiger partial charge in [-0.3, -0.25) is 0 Å². The molecule has 3 N–H and O–H groups in total. The Morgan fingerprint density at radius 2 is 1.46 bits per heavy atom. The lowest BCUT2D eigenvalue weighted by Crippen LogP contribution is -2.28. The Morgan fingerprint density at radius 3 is 1.85 bits per heavy atom. The molecule has 0 unspecified atom stereocenters. The predicted octanol–water partition coefficient (Wildman–Crippen LogP) is 4.64. The lowest BCUT2D eigenvalue weighted by atomic mass is 9.85. The third kappa shape index (κ3) is 13.3. The van der Waals surface area contributed by atoms with Gasteiger partial charge < -0.3 is 10.3 Å². The zero-order chi connectivity index (χ0) is 20.6. The molecule has 0 saturated carbocycles. The van der Waals surface area contributed by atoms with Crippen LogP contribution in [0.25, 0.3) is 0 Å². The molecule has 0 aliphatic rings. The maximum absolute atomic E-state index is 8.86. The first-order chi connectivity index (χ1) is 11.6. The zero-order valence-corrected chi connectivity index (χ0v) is 18.0. The molecule has 1 aromatic carbocycles. The predicted molar refractivity (Wildman–Crippen MR) is 108 cm³/mol. The lowest BCUT2D eigenvalue weighted by Gasteiger charge is -2.27. The van der Waals surface area contributed by atoms with Crippen molar-refractivity contribution in [2.75, 3.05) is 6.61 Å². The van der Waals surface area contributed by atoms with Crippen LogP contribution in [-0.4, -0.2) is 34.2 Å². The Hall–Kier alpha value is -0.980. The molecule has 0 saturated heterocycles. The minimum Gasteiger partial charge on any atom is -0.391 e. The van der Waals surface area contributed by atoms with Crippen molar-refractivity contribution in [3.05, 3.63) is 35.4 Å². The summed E-state index contributed by atoms with van der Waals surface area (Å²) < 4.78 is 0.